The number of aromatic amines is 1. The lowest BCUT2D eigenvalue weighted by atomic mass is 9.99. The van der Waals surface area contributed by atoms with Crippen LogP contribution in [0.3, 0.4) is 0 Å². The fraction of sp³-hybridized carbons (Fsp3) is 0.615. The van der Waals surface area contributed by atoms with Crippen LogP contribution in [0.2, 0.25) is 0 Å². The summed E-state index contributed by atoms with van der Waals surface area (Å²) in [6.45, 7) is 1.67. The van der Waals surface area contributed by atoms with Gasteiger partial charge in [-0.05, 0) is 39.3 Å². The second-order valence-corrected chi connectivity index (χ2v) is 4.84. The summed E-state index contributed by atoms with van der Waals surface area (Å²) in [5.41, 5.74) is 0.0258. The number of carbonyl (C=O) groups excluding carboxylic acids is 1. The number of carbonyl (C=O) groups is 1. The topological polar surface area (TPSA) is 78.1 Å². The van der Waals surface area contributed by atoms with Crippen molar-refractivity contribution in [2.24, 2.45) is 0 Å². The van der Waals surface area contributed by atoms with Crippen LogP contribution in [-0.4, -0.2) is 47.0 Å². The van der Waals surface area contributed by atoms with Crippen LogP contribution in [0.1, 0.15) is 36.2 Å². The van der Waals surface area contributed by atoms with Gasteiger partial charge >= 0.3 is 0 Å². The van der Waals surface area contributed by atoms with E-state index in [1.165, 1.54) is 6.20 Å². The molecule has 1 aliphatic rings. The molecule has 0 spiro atoms. The molecule has 104 valence electrons. The predicted octanol–water partition coefficient (Wildman–Crippen LogP) is 0.374. The number of hydrogen-bond donors (Lipinski definition) is 2. The van der Waals surface area contributed by atoms with Crippen molar-refractivity contribution in [3.8, 4) is 0 Å². The number of nitrogens with zero attached hydrogens (tertiary/aromatic N) is 2. The number of likely N-dealkylation sites (tertiary alicyclic amines) is 1. The molecule has 1 fully saturated rings. The van der Waals surface area contributed by atoms with Crippen molar-refractivity contribution in [2.75, 3.05) is 20.1 Å². The molecule has 1 aliphatic heterocycles. The lowest BCUT2D eigenvalue weighted by molar-refractivity contribution is 0.0596. The summed E-state index contributed by atoms with van der Waals surface area (Å²) in [6, 6.07) is 0.266. The molecule has 2 rings (SSSR count). The smallest absolute Gasteiger partial charge is 0.274 e. The molecule has 1 aromatic rings. The van der Waals surface area contributed by atoms with Gasteiger partial charge in [-0.15, -0.1) is 0 Å². The van der Waals surface area contributed by atoms with E-state index in [0.29, 0.717) is 5.69 Å². The van der Waals surface area contributed by atoms with Crippen molar-refractivity contribution < 1.29 is 4.79 Å². The third-order valence-electron chi connectivity index (χ3n) is 3.51. The standard InChI is InChI=1S/C13H20N4O2/c1-14-6-5-10-4-2-3-7-17(10)13(19)11-8-16-12(18)9-15-11/h8-10,14H,2-7H2,1H3,(H,16,18). The van der Waals surface area contributed by atoms with Crippen LogP contribution < -0.4 is 10.9 Å². The first-order valence-electron chi connectivity index (χ1n) is 6.72. The molecule has 19 heavy (non-hydrogen) atoms. The first kappa shape index (κ1) is 13.7. The quantitative estimate of drug-likeness (QED) is 0.824. The van der Waals surface area contributed by atoms with Crippen LogP contribution in [0.4, 0.5) is 0 Å². The minimum atomic E-state index is -0.290. The zero-order valence-corrected chi connectivity index (χ0v) is 11.2. The fourth-order valence-electron chi connectivity index (χ4n) is 2.49. The molecular weight excluding hydrogens is 244 g/mol. The third-order valence-corrected chi connectivity index (χ3v) is 3.51. The molecule has 0 saturated carbocycles. The van der Waals surface area contributed by atoms with Gasteiger partial charge in [0.15, 0.2) is 0 Å². The number of piperidine rings is 1. The zero-order chi connectivity index (χ0) is 13.7. The highest BCUT2D eigenvalue weighted by atomic mass is 16.2. The van der Waals surface area contributed by atoms with E-state index < -0.39 is 0 Å². The van der Waals surface area contributed by atoms with Crippen molar-refractivity contribution in [3.63, 3.8) is 0 Å². The van der Waals surface area contributed by atoms with Gasteiger partial charge in [0, 0.05) is 18.8 Å². The van der Waals surface area contributed by atoms with Crippen LogP contribution in [0.5, 0.6) is 0 Å². The molecule has 1 amide bonds. The highest BCUT2D eigenvalue weighted by Crippen LogP contribution is 2.20. The third kappa shape index (κ3) is 3.41. The maximum atomic E-state index is 12.4. The van der Waals surface area contributed by atoms with Crippen LogP contribution in [0.15, 0.2) is 17.2 Å². The lowest BCUT2D eigenvalue weighted by Crippen LogP contribution is -2.45. The van der Waals surface area contributed by atoms with E-state index in [1.54, 1.807) is 0 Å². The summed E-state index contributed by atoms with van der Waals surface area (Å²) in [5.74, 6) is -0.0861. The van der Waals surface area contributed by atoms with Gasteiger partial charge in [0.2, 0.25) is 0 Å². The Bertz CT molecular complexity index is 465. The van der Waals surface area contributed by atoms with Crippen molar-refractivity contribution in [2.45, 2.75) is 31.7 Å². The maximum Gasteiger partial charge on any atom is 0.274 e. The zero-order valence-electron chi connectivity index (χ0n) is 11.2. The summed E-state index contributed by atoms with van der Waals surface area (Å²) in [6.07, 6.45) is 6.74. The molecule has 0 bridgehead atoms. The molecule has 0 aliphatic carbocycles. The van der Waals surface area contributed by atoms with Gasteiger partial charge in [-0.3, -0.25) is 9.59 Å². The Morgan fingerprint density at radius 2 is 2.42 bits per heavy atom. The van der Waals surface area contributed by atoms with Crippen LogP contribution in [0.25, 0.3) is 0 Å². The van der Waals surface area contributed by atoms with E-state index in [9.17, 15) is 9.59 Å². The molecule has 0 radical (unpaired) electrons. The van der Waals surface area contributed by atoms with Gasteiger partial charge in [-0.1, -0.05) is 0 Å². The van der Waals surface area contributed by atoms with Gasteiger partial charge < -0.3 is 15.2 Å². The molecule has 2 N–H and O–H groups in total. The second-order valence-electron chi connectivity index (χ2n) is 4.84. The van der Waals surface area contributed by atoms with Gasteiger partial charge in [0.05, 0.1) is 6.20 Å². The average molecular weight is 264 g/mol. The van der Waals surface area contributed by atoms with Crippen molar-refractivity contribution >= 4 is 5.91 Å². The highest BCUT2D eigenvalue weighted by molar-refractivity contribution is 5.92. The Kier molecular flexibility index (Phi) is 4.68. The fourth-order valence-corrected chi connectivity index (χ4v) is 2.49. The molecule has 1 saturated heterocycles. The number of amides is 1. The van der Waals surface area contributed by atoms with Gasteiger partial charge in [0.25, 0.3) is 11.5 Å². The largest absolute Gasteiger partial charge is 0.334 e. The lowest BCUT2D eigenvalue weighted by Gasteiger charge is -2.35. The molecule has 6 nitrogen and oxygen atoms in total. The van der Waals surface area contributed by atoms with E-state index in [1.807, 2.05) is 11.9 Å². The molecule has 0 aromatic carbocycles. The van der Waals surface area contributed by atoms with Crippen molar-refractivity contribution in [1.29, 1.82) is 0 Å². The van der Waals surface area contributed by atoms with E-state index in [4.69, 9.17) is 0 Å². The van der Waals surface area contributed by atoms with Crippen LogP contribution >= 0.6 is 0 Å². The summed E-state index contributed by atoms with van der Waals surface area (Å²) in [7, 11) is 1.92. The van der Waals surface area contributed by atoms with E-state index in [2.05, 4.69) is 15.3 Å². The number of hydrogen-bond acceptors (Lipinski definition) is 4. The minimum Gasteiger partial charge on any atom is -0.334 e. The molecule has 1 aromatic heterocycles. The van der Waals surface area contributed by atoms with Crippen molar-refractivity contribution in [3.05, 3.63) is 28.4 Å². The Hall–Kier alpha value is -1.69. The monoisotopic (exact) mass is 264 g/mol. The molecular formula is C13H20N4O2. The highest BCUT2D eigenvalue weighted by Gasteiger charge is 2.27. The van der Waals surface area contributed by atoms with Crippen molar-refractivity contribution in [1.82, 2.24) is 20.2 Å². The van der Waals surface area contributed by atoms with Crippen LogP contribution in [-0.2, 0) is 0 Å². The first-order chi connectivity index (χ1) is 9.22. The van der Waals surface area contributed by atoms with Gasteiger partial charge in [-0.2, -0.15) is 0 Å². The molecule has 2 heterocycles. The predicted molar refractivity (Wildman–Crippen MR) is 72.1 cm³/mol. The Morgan fingerprint density at radius 1 is 1.58 bits per heavy atom. The molecule has 1 atom stereocenters. The number of aromatic nitrogens is 2. The van der Waals surface area contributed by atoms with E-state index >= 15 is 0 Å². The number of nitrogens with one attached hydrogen (secondary N) is 2. The molecule has 6 heteroatoms. The maximum absolute atomic E-state index is 12.4. The van der Waals surface area contributed by atoms with Crippen LogP contribution in [0, 0.1) is 0 Å². The normalized spacial score (nSPS) is 19.4. The number of rotatable bonds is 4. The summed E-state index contributed by atoms with van der Waals surface area (Å²) in [5, 5.41) is 3.12. The van der Waals surface area contributed by atoms with E-state index in [0.717, 1.165) is 45.0 Å². The molecule has 1 unspecified atom stereocenters. The first-order valence-corrected chi connectivity index (χ1v) is 6.72. The Labute approximate surface area is 112 Å². The minimum absolute atomic E-state index is 0.0861. The summed E-state index contributed by atoms with van der Waals surface area (Å²) in [4.78, 5) is 31.7. The van der Waals surface area contributed by atoms with E-state index in [-0.39, 0.29) is 17.5 Å². The summed E-state index contributed by atoms with van der Waals surface area (Å²) >= 11 is 0. The average Bonchev–Trinajstić information content (AvgIpc) is 2.45. The Morgan fingerprint density at radius 3 is 3.11 bits per heavy atom. The van der Waals surface area contributed by atoms with Gasteiger partial charge in [-0.25, -0.2) is 4.98 Å². The van der Waals surface area contributed by atoms with Gasteiger partial charge in [0.1, 0.15) is 5.69 Å². The summed E-state index contributed by atoms with van der Waals surface area (Å²) < 4.78 is 0. The SMILES string of the molecule is CNCCC1CCCCN1C(=O)c1c[nH]c(=O)cn1. The second kappa shape index (κ2) is 6.47. The Balaban J connectivity index is 2.10. The number of H-pyrrole nitrogens is 1.